The Morgan fingerprint density at radius 1 is 1.18 bits per heavy atom. The monoisotopic (exact) mass is 227 g/mol. The minimum Gasteiger partial charge on any atom is -0.361 e. The molecule has 0 aromatic heterocycles. The topological polar surface area (TPSA) is 21.3 Å². The fourth-order valence-corrected chi connectivity index (χ4v) is 2.50. The van der Waals surface area contributed by atoms with E-state index in [9.17, 15) is 0 Å². The van der Waals surface area contributed by atoms with E-state index in [1.165, 1.54) is 16.3 Å². The maximum Gasteiger partial charge on any atom is 0.108 e. The molecule has 3 rings (SSSR count). The van der Waals surface area contributed by atoms with E-state index in [2.05, 4.69) is 54.7 Å². The van der Waals surface area contributed by atoms with Crippen molar-refractivity contribution in [2.45, 2.75) is 25.6 Å². The molecule has 1 heterocycles. The predicted molar refractivity (Wildman–Crippen MR) is 69.9 cm³/mol. The van der Waals surface area contributed by atoms with Crippen molar-refractivity contribution in [3.8, 4) is 0 Å². The van der Waals surface area contributed by atoms with Crippen molar-refractivity contribution in [1.29, 1.82) is 0 Å². The second-order valence-electron chi connectivity index (χ2n) is 4.52. The van der Waals surface area contributed by atoms with E-state index in [1.807, 2.05) is 0 Å². The Balaban J connectivity index is 2.00. The lowest BCUT2D eigenvalue weighted by Gasteiger charge is -2.13. The minimum atomic E-state index is 0.207. The first-order valence-corrected chi connectivity index (χ1v) is 6.24. The molecule has 0 saturated carbocycles. The molecule has 2 aromatic carbocycles. The van der Waals surface area contributed by atoms with Crippen LogP contribution in [0.3, 0.4) is 0 Å². The lowest BCUT2D eigenvalue weighted by atomic mass is 9.99. The van der Waals surface area contributed by atoms with Gasteiger partial charge >= 0.3 is 0 Å². The molecule has 0 aliphatic carbocycles. The lowest BCUT2D eigenvalue weighted by Crippen LogP contribution is -2.24. The molecule has 1 N–H and O–H groups in total. The summed E-state index contributed by atoms with van der Waals surface area (Å²) < 4.78 is 5.71. The molecule has 0 bridgehead atoms. The normalized spacial score (nSPS) is 24.3. The molecule has 1 fully saturated rings. The van der Waals surface area contributed by atoms with Gasteiger partial charge in [0, 0.05) is 0 Å². The molecule has 0 amide bonds. The van der Waals surface area contributed by atoms with E-state index >= 15 is 0 Å². The van der Waals surface area contributed by atoms with E-state index in [0.29, 0.717) is 6.04 Å². The average molecular weight is 227 g/mol. The Kier molecular flexibility index (Phi) is 2.83. The van der Waals surface area contributed by atoms with Gasteiger partial charge in [0.05, 0.1) is 12.6 Å². The Hall–Kier alpha value is -1.38. The van der Waals surface area contributed by atoms with Crippen LogP contribution in [-0.2, 0) is 4.74 Å². The summed E-state index contributed by atoms with van der Waals surface area (Å²) in [6.45, 7) is 2.91. The molecule has 1 aliphatic rings. The van der Waals surface area contributed by atoms with Crippen LogP contribution in [0.2, 0.25) is 0 Å². The van der Waals surface area contributed by atoms with Crippen molar-refractivity contribution in [3.05, 3.63) is 48.0 Å². The van der Waals surface area contributed by atoms with Crippen LogP contribution in [0, 0.1) is 0 Å². The number of fused-ring (bicyclic) bond motifs is 1. The molecule has 17 heavy (non-hydrogen) atoms. The fraction of sp³-hybridized carbons (Fsp3) is 0.333. The van der Waals surface area contributed by atoms with Crippen molar-refractivity contribution in [2.75, 3.05) is 6.61 Å². The SMILES string of the molecule is CCC1NC(c2cccc3ccccc23)CO1. The summed E-state index contributed by atoms with van der Waals surface area (Å²) in [6, 6.07) is 15.3. The number of hydrogen-bond donors (Lipinski definition) is 1. The van der Waals surface area contributed by atoms with Gasteiger partial charge in [-0.3, -0.25) is 5.32 Å². The quantitative estimate of drug-likeness (QED) is 0.850. The maximum atomic E-state index is 5.71. The van der Waals surface area contributed by atoms with Crippen LogP contribution in [0.25, 0.3) is 10.8 Å². The van der Waals surface area contributed by atoms with E-state index in [-0.39, 0.29) is 6.23 Å². The van der Waals surface area contributed by atoms with E-state index in [1.54, 1.807) is 0 Å². The Bertz CT molecular complexity index is 518. The first-order valence-electron chi connectivity index (χ1n) is 6.24. The molecule has 1 saturated heterocycles. The van der Waals surface area contributed by atoms with Crippen molar-refractivity contribution < 1.29 is 4.74 Å². The van der Waals surface area contributed by atoms with Crippen LogP contribution >= 0.6 is 0 Å². The summed E-state index contributed by atoms with van der Waals surface area (Å²) >= 11 is 0. The van der Waals surface area contributed by atoms with Gasteiger partial charge in [-0.1, -0.05) is 49.4 Å². The van der Waals surface area contributed by atoms with Crippen LogP contribution in [-0.4, -0.2) is 12.8 Å². The number of nitrogens with one attached hydrogen (secondary N) is 1. The van der Waals surface area contributed by atoms with Crippen LogP contribution in [0.5, 0.6) is 0 Å². The molecular weight excluding hydrogens is 210 g/mol. The zero-order chi connectivity index (χ0) is 11.7. The van der Waals surface area contributed by atoms with Gasteiger partial charge in [-0.15, -0.1) is 0 Å². The molecule has 0 radical (unpaired) electrons. The molecule has 0 spiro atoms. The first kappa shape index (κ1) is 10.8. The van der Waals surface area contributed by atoms with Gasteiger partial charge in [0.2, 0.25) is 0 Å². The summed E-state index contributed by atoms with van der Waals surface area (Å²) in [5.41, 5.74) is 1.35. The molecule has 2 unspecified atom stereocenters. The van der Waals surface area contributed by atoms with Gasteiger partial charge in [0.15, 0.2) is 0 Å². The predicted octanol–water partition coefficient (Wildman–Crippen LogP) is 3.24. The third kappa shape index (κ3) is 1.94. The van der Waals surface area contributed by atoms with Gasteiger partial charge in [-0.25, -0.2) is 0 Å². The van der Waals surface area contributed by atoms with E-state index in [0.717, 1.165) is 13.0 Å². The van der Waals surface area contributed by atoms with E-state index < -0.39 is 0 Å². The number of hydrogen-bond acceptors (Lipinski definition) is 2. The molecule has 2 heteroatoms. The Labute approximate surface area is 102 Å². The fourth-order valence-electron chi connectivity index (χ4n) is 2.50. The second-order valence-corrected chi connectivity index (χ2v) is 4.52. The summed E-state index contributed by atoms with van der Waals surface area (Å²) in [7, 11) is 0. The molecule has 88 valence electrons. The summed E-state index contributed by atoms with van der Waals surface area (Å²) in [4.78, 5) is 0. The molecule has 1 aliphatic heterocycles. The zero-order valence-electron chi connectivity index (χ0n) is 10.0. The zero-order valence-corrected chi connectivity index (χ0v) is 10.0. The summed E-state index contributed by atoms with van der Waals surface area (Å²) in [5, 5.41) is 6.15. The van der Waals surface area contributed by atoms with Crippen molar-refractivity contribution >= 4 is 10.8 Å². The highest BCUT2D eigenvalue weighted by Crippen LogP contribution is 2.28. The van der Waals surface area contributed by atoms with Gasteiger partial charge in [-0.2, -0.15) is 0 Å². The number of rotatable bonds is 2. The summed E-state index contributed by atoms with van der Waals surface area (Å²) in [5.74, 6) is 0. The van der Waals surface area contributed by atoms with Crippen molar-refractivity contribution in [2.24, 2.45) is 0 Å². The maximum absolute atomic E-state index is 5.71. The minimum absolute atomic E-state index is 0.207. The van der Waals surface area contributed by atoms with Crippen LogP contribution in [0.15, 0.2) is 42.5 Å². The standard InChI is InChI=1S/C15H17NO/c1-2-15-16-14(10-17-15)13-9-5-7-11-6-3-4-8-12(11)13/h3-9,14-16H,2,10H2,1H3. The second kappa shape index (κ2) is 4.47. The van der Waals surface area contributed by atoms with Crippen LogP contribution in [0.1, 0.15) is 24.9 Å². The third-order valence-corrected chi connectivity index (χ3v) is 3.42. The third-order valence-electron chi connectivity index (χ3n) is 3.42. The van der Waals surface area contributed by atoms with Crippen molar-refractivity contribution in [1.82, 2.24) is 5.32 Å². The number of ether oxygens (including phenoxy) is 1. The van der Waals surface area contributed by atoms with Gasteiger partial charge in [-0.05, 0) is 22.8 Å². The van der Waals surface area contributed by atoms with Crippen LogP contribution in [0.4, 0.5) is 0 Å². The molecular formula is C15H17NO. The smallest absolute Gasteiger partial charge is 0.108 e. The largest absolute Gasteiger partial charge is 0.361 e. The average Bonchev–Trinajstić information content (AvgIpc) is 2.87. The lowest BCUT2D eigenvalue weighted by molar-refractivity contribution is 0.0973. The Morgan fingerprint density at radius 3 is 2.82 bits per heavy atom. The molecule has 2 aromatic rings. The highest BCUT2D eigenvalue weighted by molar-refractivity contribution is 5.86. The summed E-state index contributed by atoms with van der Waals surface area (Å²) in [6.07, 6.45) is 1.22. The van der Waals surface area contributed by atoms with Crippen molar-refractivity contribution in [3.63, 3.8) is 0 Å². The van der Waals surface area contributed by atoms with Gasteiger partial charge in [0.1, 0.15) is 6.23 Å². The van der Waals surface area contributed by atoms with Crippen LogP contribution < -0.4 is 5.32 Å². The Morgan fingerprint density at radius 2 is 2.00 bits per heavy atom. The number of benzene rings is 2. The van der Waals surface area contributed by atoms with Gasteiger partial charge < -0.3 is 4.74 Å². The highest BCUT2D eigenvalue weighted by atomic mass is 16.5. The van der Waals surface area contributed by atoms with Gasteiger partial charge in [0.25, 0.3) is 0 Å². The molecule has 2 atom stereocenters. The first-order chi connectivity index (χ1) is 8.38. The highest BCUT2D eigenvalue weighted by Gasteiger charge is 2.25. The molecule has 2 nitrogen and oxygen atoms in total. The van der Waals surface area contributed by atoms with E-state index in [4.69, 9.17) is 4.74 Å².